The molecule has 4 saturated carbocycles. The molecule has 0 saturated heterocycles. The van der Waals surface area contributed by atoms with Crippen molar-refractivity contribution < 1.29 is 9.53 Å². The maximum atomic E-state index is 13.0. The number of carbonyl (C=O) groups is 1. The molecule has 1 aromatic carbocycles. The van der Waals surface area contributed by atoms with E-state index >= 15 is 0 Å². The van der Waals surface area contributed by atoms with Crippen LogP contribution in [-0.2, 0) is 4.74 Å². The Bertz CT molecular complexity index is 699. The molecule has 1 atom stereocenters. The Kier molecular flexibility index (Phi) is 4.71. The molecule has 0 N–H and O–H groups in total. The maximum Gasteiger partial charge on any atom is 0.338 e. The van der Waals surface area contributed by atoms with Gasteiger partial charge in [-0.1, -0.05) is 39.8 Å². The van der Waals surface area contributed by atoms with Gasteiger partial charge in [0.25, 0.3) is 0 Å². The third-order valence-corrected chi connectivity index (χ3v) is 8.61. The smallest absolute Gasteiger partial charge is 0.338 e. The minimum Gasteiger partial charge on any atom is -0.455 e. The highest BCUT2D eigenvalue weighted by Crippen LogP contribution is 2.64. The second kappa shape index (κ2) is 6.61. The average molecular weight is 383 g/mol. The highest BCUT2D eigenvalue weighted by atomic mass is 16.6. The number of carbonyl (C=O) groups excluding carboxylic acids is 1. The SMILES string of the molecule is CC(c1ccc(C(=O)OC(C)(C)C23CC4CC(CC(C4)C2)C3)cc1)C(C)(C)C. The van der Waals surface area contributed by atoms with Crippen LogP contribution >= 0.6 is 0 Å². The minimum atomic E-state index is -0.391. The Hall–Kier alpha value is -1.31. The van der Waals surface area contributed by atoms with Gasteiger partial charge in [-0.05, 0) is 99.2 Å². The van der Waals surface area contributed by atoms with Crippen LogP contribution in [0.2, 0.25) is 0 Å². The lowest BCUT2D eigenvalue weighted by Crippen LogP contribution is -2.57. The number of rotatable bonds is 4. The zero-order chi connectivity index (χ0) is 20.3. The molecular weight excluding hydrogens is 344 g/mol. The van der Waals surface area contributed by atoms with Gasteiger partial charge >= 0.3 is 5.97 Å². The van der Waals surface area contributed by atoms with Crippen LogP contribution in [0.3, 0.4) is 0 Å². The van der Waals surface area contributed by atoms with Crippen molar-refractivity contribution in [1.82, 2.24) is 0 Å². The number of esters is 1. The fraction of sp³-hybridized carbons (Fsp3) is 0.731. The first-order valence-corrected chi connectivity index (χ1v) is 11.3. The van der Waals surface area contributed by atoms with E-state index < -0.39 is 5.60 Å². The van der Waals surface area contributed by atoms with Crippen LogP contribution in [0.15, 0.2) is 24.3 Å². The molecule has 0 aliphatic heterocycles. The van der Waals surface area contributed by atoms with Crippen LogP contribution < -0.4 is 0 Å². The predicted octanol–water partition coefficient (Wildman–Crippen LogP) is 6.99. The third kappa shape index (κ3) is 3.42. The van der Waals surface area contributed by atoms with Gasteiger partial charge in [0.1, 0.15) is 5.60 Å². The van der Waals surface area contributed by atoms with Crippen LogP contribution in [0.4, 0.5) is 0 Å². The van der Waals surface area contributed by atoms with Crippen molar-refractivity contribution >= 4 is 5.97 Å². The van der Waals surface area contributed by atoms with Gasteiger partial charge in [0.05, 0.1) is 5.56 Å². The van der Waals surface area contributed by atoms with E-state index in [1.807, 2.05) is 12.1 Å². The van der Waals surface area contributed by atoms with E-state index in [-0.39, 0.29) is 16.8 Å². The van der Waals surface area contributed by atoms with Gasteiger partial charge in [-0.15, -0.1) is 0 Å². The Morgan fingerprint density at radius 1 is 0.929 bits per heavy atom. The van der Waals surface area contributed by atoms with Crippen molar-refractivity contribution in [2.45, 2.75) is 91.6 Å². The van der Waals surface area contributed by atoms with E-state index in [9.17, 15) is 4.79 Å². The molecule has 0 radical (unpaired) electrons. The summed E-state index contributed by atoms with van der Waals surface area (Å²) in [5, 5.41) is 0. The number of benzene rings is 1. The van der Waals surface area contributed by atoms with Crippen LogP contribution in [0.1, 0.15) is 102 Å². The lowest BCUT2D eigenvalue weighted by Gasteiger charge is -2.61. The molecular formula is C26H38O2. The van der Waals surface area contributed by atoms with E-state index in [1.54, 1.807) is 0 Å². The minimum absolute atomic E-state index is 0.157. The van der Waals surface area contributed by atoms with Gasteiger partial charge in [-0.3, -0.25) is 0 Å². The van der Waals surface area contributed by atoms with Crippen molar-refractivity contribution in [3.63, 3.8) is 0 Å². The molecule has 1 aromatic rings. The van der Waals surface area contributed by atoms with Gasteiger partial charge in [-0.25, -0.2) is 4.79 Å². The summed E-state index contributed by atoms with van der Waals surface area (Å²) in [4.78, 5) is 13.0. The molecule has 2 heteroatoms. The predicted molar refractivity (Wildman–Crippen MR) is 114 cm³/mol. The van der Waals surface area contributed by atoms with Crippen molar-refractivity contribution in [3.05, 3.63) is 35.4 Å². The average Bonchev–Trinajstić information content (AvgIpc) is 2.59. The topological polar surface area (TPSA) is 26.3 Å². The van der Waals surface area contributed by atoms with E-state index in [0.29, 0.717) is 11.5 Å². The van der Waals surface area contributed by atoms with Crippen LogP contribution in [0.25, 0.3) is 0 Å². The molecule has 0 spiro atoms. The first-order valence-electron chi connectivity index (χ1n) is 11.3. The van der Waals surface area contributed by atoms with E-state index in [1.165, 1.54) is 44.1 Å². The summed E-state index contributed by atoms with van der Waals surface area (Å²) >= 11 is 0. The molecule has 4 aliphatic carbocycles. The molecule has 154 valence electrons. The number of hydrogen-bond donors (Lipinski definition) is 0. The second-order valence-electron chi connectivity index (χ2n) is 11.8. The second-order valence-corrected chi connectivity index (χ2v) is 11.8. The molecule has 0 aromatic heterocycles. The first-order chi connectivity index (χ1) is 13.0. The summed E-state index contributed by atoms with van der Waals surface area (Å²) in [5.74, 6) is 2.88. The van der Waals surface area contributed by atoms with E-state index in [2.05, 4.69) is 53.7 Å². The van der Waals surface area contributed by atoms with Crippen molar-refractivity contribution in [3.8, 4) is 0 Å². The van der Waals surface area contributed by atoms with Crippen LogP contribution in [-0.4, -0.2) is 11.6 Å². The Balaban J connectivity index is 1.49. The molecule has 4 bridgehead atoms. The summed E-state index contributed by atoms with van der Waals surface area (Å²) in [5.41, 5.74) is 1.98. The molecule has 2 nitrogen and oxygen atoms in total. The summed E-state index contributed by atoms with van der Waals surface area (Å²) in [6.45, 7) is 13.4. The molecule has 1 unspecified atom stereocenters. The molecule has 5 rings (SSSR count). The van der Waals surface area contributed by atoms with Gasteiger partial charge in [0.2, 0.25) is 0 Å². The molecule has 4 fully saturated rings. The summed E-state index contributed by atoms with van der Waals surface area (Å²) in [7, 11) is 0. The Morgan fingerprint density at radius 2 is 1.39 bits per heavy atom. The molecule has 0 amide bonds. The van der Waals surface area contributed by atoms with E-state index in [0.717, 1.165) is 17.8 Å². The van der Waals surface area contributed by atoms with Crippen molar-refractivity contribution in [1.29, 1.82) is 0 Å². The van der Waals surface area contributed by atoms with Crippen LogP contribution in [0, 0.1) is 28.6 Å². The Morgan fingerprint density at radius 3 is 1.82 bits per heavy atom. The maximum absolute atomic E-state index is 13.0. The largest absolute Gasteiger partial charge is 0.455 e. The summed E-state index contributed by atoms with van der Waals surface area (Å²) in [6.07, 6.45) is 7.99. The third-order valence-electron chi connectivity index (χ3n) is 8.61. The van der Waals surface area contributed by atoms with E-state index in [4.69, 9.17) is 4.74 Å². The first kappa shape index (κ1) is 20.0. The summed E-state index contributed by atoms with van der Waals surface area (Å²) in [6, 6.07) is 8.11. The fourth-order valence-electron chi connectivity index (χ4n) is 6.65. The van der Waals surface area contributed by atoms with Gasteiger partial charge in [0.15, 0.2) is 0 Å². The highest BCUT2D eigenvalue weighted by Gasteiger charge is 2.58. The lowest BCUT2D eigenvalue weighted by molar-refractivity contribution is -0.164. The monoisotopic (exact) mass is 382 g/mol. The summed E-state index contributed by atoms with van der Waals surface area (Å²) < 4.78 is 6.24. The number of hydrogen-bond acceptors (Lipinski definition) is 2. The lowest BCUT2D eigenvalue weighted by atomic mass is 9.46. The highest BCUT2D eigenvalue weighted by molar-refractivity contribution is 5.89. The van der Waals surface area contributed by atoms with Crippen molar-refractivity contribution in [2.75, 3.05) is 0 Å². The standard InChI is InChI=1S/C26H38O2/c1-17(24(2,3)4)21-7-9-22(10-8-21)23(27)28-25(5,6)26-14-18-11-19(15-26)13-20(12-18)16-26/h7-10,17-20H,11-16H2,1-6H3. The zero-order valence-electron chi connectivity index (χ0n) is 18.7. The Labute approximate surface area is 171 Å². The van der Waals surface area contributed by atoms with Gasteiger partial charge < -0.3 is 4.74 Å². The zero-order valence-corrected chi connectivity index (χ0v) is 18.7. The molecule has 0 heterocycles. The van der Waals surface area contributed by atoms with Crippen LogP contribution in [0.5, 0.6) is 0 Å². The normalized spacial score (nSPS) is 33.0. The molecule has 4 aliphatic rings. The number of ether oxygens (including phenoxy) is 1. The molecule has 28 heavy (non-hydrogen) atoms. The van der Waals surface area contributed by atoms with Gasteiger partial charge in [0, 0.05) is 5.41 Å². The fourth-order valence-corrected chi connectivity index (χ4v) is 6.65. The van der Waals surface area contributed by atoms with Gasteiger partial charge in [-0.2, -0.15) is 0 Å². The quantitative estimate of drug-likeness (QED) is 0.525. The van der Waals surface area contributed by atoms with Crippen molar-refractivity contribution in [2.24, 2.45) is 28.6 Å².